The number of amides is 7. The number of nitrogens with one attached hydrogen (secondary N) is 3. The molecule has 2 aliphatic heterocycles. The van der Waals surface area contributed by atoms with Crippen LogP contribution in [0.5, 0.6) is 0 Å². The van der Waals surface area contributed by atoms with Crippen LogP contribution < -0.4 is 50.4 Å². The molecule has 20 nitrogen and oxygen atoms in total. The van der Waals surface area contributed by atoms with Gasteiger partial charge in [-0.25, -0.2) is 0 Å². The molecule has 7 amide bonds. The fraction of sp³-hybridized carbons (Fsp3) is 0.719. The van der Waals surface area contributed by atoms with Crippen LogP contribution >= 0.6 is 0 Å². The minimum atomic E-state index is -1.29. The second kappa shape index (κ2) is 22.2. The summed E-state index contributed by atoms with van der Waals surface area (Å²) in [4.78, 5) is 108. The van der Waals surface area contributed by atoms with Crippen LogP contribution in [0.3, 0.4) is 0 Å². The lowest BCUT2D eigenvalue weighted by atomic mass is 10.0. The van der Waals surface area contributed by atoms with E-state index in [1.807, 2.05) is 0 Å². The van der Waals surface area contributed by atoms with Gasteiger partial charge in [0.1, 0.15) is 30.5 Å². The number of primary amides is 2. The van der Waals surface area contributed by atoms with E-state index in [9.17, 15) is 38.4 Å². The van der Waals surface area contributed by atoms with Crippen LogP contribution in [0.25, 0.3) is 0 Å². The number of carbonyl (C=O) groups excluding carboxylic acids is 8. The highest BCUT2D eigenvalue weighted by atomic mass is 16.2. The topological polar surface area (TPSA) is 348 Å². The van der Waals surface area contributed by atoms with Crippen molar-refractivity contribution in [3.05, 3.63) is 0 Å². The van der Waals surface area contributed by atoms with Gasteiger partial charge in [0.15, 0.2) is 5.96 Å². The van der Waals surface area contributed by atoms with Crippen LogP contribution in [0, 0.1) is 0 Å². The summed E-state index contributed by atoms with van der Waals surface area (Å²) < 4.78 is 0. The Balaban J connectivity index is 2.18. The largest absolute Gasteiger partial charge is 0.370 e. The molecule has 0 aromatic carbocycles. The molecule has 0 unspecified atom stereocenters. The molecule has 15 N–H and O–H groups in total. The highest BCUT2D eigenvalue weighted by Gasteiger charge is 2.41. The predicted octanol–water partition coefficient (Wildman–Crippen LogP) is -4.34. The van der Waals surface area contributed by atoms with Crippen molar-refractivity contribution in [1.82, 2.24) is 25.8 Å². The SMILES string of the molecule is NCCCC[C@H](NC(=O)[C@@H]1CCCN1C(=O)[C@@H](N)CCCN=C(N)N)C(=O)N1CCC[C@H]1C(=O)N[C@@H](CCC(N)=O)C(=O)N[C@H](C=O)CCC(N)=O. The number of rotatable bonds is 23. The molecule has 6 atom stereocenters. The van der Waals surface area contributed by atoms with Gasteiger partial charge in [-0.15, -0.1) is 0 Å². The Morgan fingerprint density at radius 1 is 0.712 bits per heavy atom. The van der Waals surface area contributed by atoms with Gasteiger partial charge in [0.25, 0.3) is 0 Å². The number of nitrogens with two attached hydrogens (primary N) is 6. The summed E-state index contributed by atoms with van der Waals surface area (Å²) in [5.41, 5.74) is 32.9. The van der Waals surface area contributed by atoms with Gasteiger partial charge in [-0.05, 0) is 77.2 Å². The van der Waals surface area contributed by atoms with E-state index in [4.69, 9.17) is 34.4 Å². The zero-order valence-electron chi connectivity index (χ0n) is 29.6. The van der Waals surface area contributed by atoms with E-state index in [0.717, 1.165) is 0 Å². The van der Waals surface area contributed by atoms with E-state index in [0.29, 0.717) is 70.9 Å². The molecule has 0 bridgehead atoms. The molecular weight excluding hydrogens is 680 g/mol. The summed E-state index contributed by atoms with van der Waals surface area (Å²) in [5.74, 6) is -4.36. The van der Waals surface area contributed by atoms with E-state index in [1.165, 1.54) is 9.80 Å². The van der Waals surface area contributed by atoms with Crippen LogP contribution in [-0.2, 0) is 38.4 Å². The fourth-order valence-electron chi connectivity index (χ4n) is 6.26. The Hall–Kier alpha value is -4.85. The van der Waals surface area contributed by atoms with Crippen LogP contribution in [0.2, 0.25) is 0 Å². The standard InChI is InChI=1S/C32H56N12O8/c33-14-2-1-7-22(42-29(50)23-8-4-16-43(23)30(51)20(34)6-3-15-39-32(37)38)31(52)44-17-5-9-24(44)28(49)41-21(11-13-26(36)47)27(48)40-19(18-45)10-12-25(35)46/h18-24H,1-17,33-34H2,(H2,35,46)(H2,36,47)(H,40,48)(H,41,49)(H,42,50)(H4,37,38,39)/t19-,20-,21-,22-,23-,24-/m0/s1. The number of hydrogen-bond acceptors (Lipinski definition) is 11. The number of hydrogen-bond donors (Lipinski definition) is 9. The molecule has 2 fully saturated rings. The molecule has 292 valence electrons. The lowest BCUT2D eigenvalue weighted by molar-refractivity contribution is -0.144. The van der Waals surface area contributed by atoms with Crippen LogP contribution in [0.15, 0.2) is 4.99 Å². The van der Waals surface area contributed by atoms with Crippen molar-refractivity contribution >= 4 is 53.6 Å². The quantitative estimate of drug-likeness (QED) is 0.0208. The summed E-state index contributed by atoms with van der Waals surface area (Å²) >= 11 is 0. The number of aliphatic imine (C=N–C) groups is 1. The van der Waals surface area contributed by atoms with Gasteiger partial charge in [-0.2, -0.15) is 0 Å². The third kappa shape index (κ3) is 14.0. The van der Waals surface area contributed by atoms with E-state index >= 15 is 0 Å². The molecular formula is C32H56N12O8. The predicted molar refractivity (Wildman–Crippen MR) is 189 cm³/mol. The molecule has 0 aromatic rings. The monoisotopic (exact) mass is 736 g/mol. The Labute approximate surface area is 302 Å². The molecule has 2 rings (SSSR count). The first-order valence-corrected chi connectivity index (χ1v) is 17.7. The minimum absolute atomic E-state index is 0.0660. The van der Waals surface area contributed by atoms with Gasteiger partial charge in [0, 0.05) is 32.5 Å². The van der Waals surface area contributed by atoms with E-state index in [-0.39, 0.29) is 51.0 Å². The Morgan fingerprint density at radius 2 is 1.27 bits per heavy atom. The second-order valence-corrected chi connectivity index (χ2v) is 13.1. The summed E-state index contributed by atoms with van der Waals surface area (Å²) in [6.45, 7) is 1.18. The molecule has 2 heterocycles. The smallest absolute Gasteiger partial charge is 0.245 e. The fourth-order valence-corrected chi connectivity index (χ4v) is 6.26. The minimum Gasteiger partial charge on any atom is -0.370 e. The maximum atomic E-state index is 14.0. The first-order chi connectivity index (χ1) is 24.7. The van der Waals surface area contributed by atoms with Crippen molar-refractivity contribution in [3.63, 3.8) is 0 Å². The molecule has 0 radical (unpaired) electrons. The van der Waals surface area contributed by atoms with Crippen LogP contribution in [0.1, 0.15) is 83.5 Å². The molecule has 0 aromatic heterocycles. The van der Waals surface area contributed by atoms with Gasteiger partial charge in [-0.1, -0.05) is 0 Å². The molecule has 0 aliphatic carbocycles. The van der Waals surface area contributed by atoms with Gasteiger partial charge >= 0.3 is 0 Å². The van der Waals surface area contributed by atoms with E-state index < -0.39 is 77.6 Å². The number of likely N-dealkylation sites (tertiary alicyclic amines) is 2. The number of carbonyl (C=O) groups is 8. The summed E-state index contributed by atoms with van der Waals surface area (Å²) in [7, 11) is 0. The second-order valence-electron chi connectivity index (χ2n) is 13.1. The third-order valence-electron chi connectivity index (χ3n) is 9.03. The Bertz CT molecular complexity index is 1310. The average molecular weight is 737 g/mol. The normalized spacial score (nSPS) is 19.1. The average Bonchev–Trinajstić information content (AvgIpc) is 3.80. The van der Waals surface area contributed by atoms with E-state index in [2.05, 4.69) is 20.9 Å². The summed E-state index contributed by atoms with van der Waals surface area (Å²) in [5, 5.41) is 7.84. The van der Waals surface area contributed by atoms with Crippen LogP contribution in [-0.4, -0.2) is 126 Å². The molecule has 2 aliphatic rings. The summed E-state index contributed by atoms with van der Waals surface area (Å²) in [6.07, 6.45) is 3.44. The highest BCUT2D eigenvalue weighted by molar-refractivity contribution is 5.96. The molecule has 2 saturated heterocycles. The number of guanidine groups is 1. The zero-order chi connectivity index (χ0) is 38.8. The number of aldehydes is 1. The molecule has 0 saturated carbocycles. The molecule has 52 heavy (non-hydrogen) atoms. The van der Waals surface area contributed by atoms with Gasteiger partial charge in [0.05, 0.1) is 12.1 Å². The number of nitrogens with zero attached hydrogens (tertiary/aromatic N) is 3. The Kier molecular flexibility index (Phi) is 18.5. The van der Waals surface area contributed by atoms with Crippen LogP contribution in [0.4, 0.5) is 0 Å². The van der Waals surface area contributed by atoms with E-state index in [1.54, 1.807) is 0 Å². The maximum absolute atomic E-state index is 14.0. The van der Waals surface area contributed by atoms with Gasteiger partial charge in [-0.3, -0.25) is 38.6 Å². The highest BCUT2D eigenvalue weighted by Crippen LogP contribution is 2.23. The van der Waals surface area contributed by atoms with Crippen molar-refractivity contribution in [2.24, 2.45) is 39.4 Å². The lowest BCUT2D eigenvalue weighted by Gasteiger charge is -2.32. The number of unbranched alkanes of at least 4 members (excludes halogenated alkanes) is 1. The van der Waals surface area contributed by atoms with Crippen molar-refractivity contribution < 1.29 is 38.4 Å². The maximum Gasteiger partial charge on any atom is 0.245 e. The first kappa shape index (κ1) is 43.3. The first-order valence-electron chi connectivity index (χ1n) is 17.7. The summed E-state index contributed by atoms with van der Waals surface area (Å²) in [6, 6.07) is -6.14. The van der Waals surface area contributed by atoms with Gasteiger partial charge < -0.3 is 64.9 Å². The Morgan fingerprint density at radius 3 is 1.81 bits per heavy atom. The van der Waals surface area contributed by atoms with Crippen molar-refractivity contribution in [2.75, 3.05) is 26.2 Å². The van der Waals surface area contributed by atoms with Gasteiger partial charge in [0.2, 0.25) is 41.4 Å². The lowest BCUT2D eigenvalue weighted by Crippen LogP contribution is -2.58. The molecule has 0 spiro atoms. The third-order valence-corrected chi connectivity index (χ3v) is 9.03. The van der Waals surface area contributed by atoms with Crippen molar-refractivity contribution in [2.45, 2.75) is 120 Å². The molecule has 20 heteroatoms. The zero-order valence-corrected chi connectivity index (χ0v) is 29.6. The van der Waals surface area contributed by atoms with Crippen molar-refractivity contribution in [1.29, 1.82) is 0 Å². The van der Waals surface area contributed by atoms with Crippen molar-refractivity contribution in [3.8, 4) is 0 Å².